The lowest BCUT2D eigenvalue weighted by atomic mass is 9.92. The SMILES string of the molecule is CCCCN(C(=N)N(CCCC)C1CCCCC1)C1CCCCC1. The van der Waals surface area contributed by atoms with Gasteiger partial charge in [0.15, 0.2) is 5.96 Å². The summed E-state index contributed by atoms with van der Waals surface area (Å²) in [5, 5.41) is 9.08. The molecule has 2 rings (SSSR count). The van der Waals surface area contributed by atoms with Crippen molar-refractivity contribution in [1.29, 1.82) is 5.41 Å². The van der Waals surface area contributed by atoms with E-state index in [1.54, 1.807) is 0 Å². The number of unbranched alkanes of at least 4 members (excludes halogenated alkanes) is 2. The molecule has 0 spiro atoms. The molecule has 0 aromatic rings. The third-order valence-electron chi connectivity index (χ3n) is 6.08. The van der Waals surface area contributed by atoms with E-state index in [1.165, 1.54) is 89.9 Å². The fraction of sp³-hybridized carbons (Fsp3) is 0.952. The van der Waals surface area contributed by atoms with E-state index in [2.05, 4.69) is 23.6 Å². The summed E-state index contributed by atoms with van der Waals surface area (Å²) in [4.78, 5) is 5.01. The average Bonchev–Trinajstić information content (AvgIpc) is 2.64. The number of nitrogens with one attached hydrogen (secondary N) is 1. The van der Waals surface area contributed by atoms with Crippen LogP contribution in [0.25, 0.3) is 0 Å². The Morgan fingerprint density at radius 1 is 0.708 bits per heavy atom. The van der Waals surface area contributed by atoms with Crippen molar-refractivity contribution >= 4 is 5.96 Å². The number of hydrogen-bond donors (Lipinski definition) is 1. The molecule has 0 bridgehead atoms. The van der Waals surface area contributed by atoms with Gasteiger partial charge in [-0.15, -0.1) is 0 Å². The molecule has 0 amide bonds. The van der Waals surface area contributed by atoms with Gasteiger partial charge < -0.3 is 9.80 Å². The topological polar surface area (TPSA) is 30.3 Å². The normalized spacial score (nSPS) is 20.1. The molecule has 0 unspecified atom stereocenters. The van der Waals surface area contributed by atoms with Gasteiger partial charge in [-0.25, -0.2) is 0 Å². The molecule has 2 aliphatic rings. The minimum atomic E-state index is 0.630. The second-order valence-electron chi connectivity index (χ2n) is 8.00. The van der Waals surface area contributed by atoms with E-state index in [0.717, 1.165) is 19.0 Å². The van der Waals surface area contributed by atoms with Crippen LogP contribution in [-0.4, -0.2) is 40.9 Å². The Kier molecular flexibility index (Phi) is 8.98. The Hall–Kier alpha value is -0.730. The molecule has 0 radical (unpaired) electrons. The van der Waals surface area contributed by atoms with E-state index >= 15 is 0 Å². The van der Waals surface area contributed by atoms with Crippen LogP contribution in [0.15, 0.2) is 0 Å². The predicted molar refractivity (Wildman–Crippen MR) is 105 cm³/mol. The van der Waals surface area contributed by atoms with Crippen molar-refractivity contribution in [2.24, 2.45) is 0 Å². The maximum Gasteiger partial charge on any atom is 0.194 e. The molecule has 0 heterocycles. The Labute approximate surface area is 150 Å². The highest BCUT2D eigenvalue weighted by Crippen LogP contribution is 2.27. The van der Waals surface area contributed by atoms with Gasteiger partial charge in [-0.05, 0) is 38.5 Å². The van der Waals surface area contributed by atoms with E-state index in [4.69, 9.17) is 5.41 Å². The first kappa shape index (κ1) is 19.6. The quantitative estimate of drug-likeness (QED) is 0.449. The molecule has 140 valence electrons. The van der Waals surface area contributed by atoms with Gasteiger partial charge in [0.1, 0.15) is 0 Å². The number of guanidine groups is 1. The van der Waals surface area contributed by atoms with Crippen LogP contribution < -0.4 is 0 Å². The van der Waals surface area contributed by atoms with Crippen LogP contribution in [0.2, 0.25) is 0 Å². The largest absolute Gasteiger partial charge is 0.340 e. The first-order chi connectivity index (χ1) is 11.8. The molecule has 2 saturated carbocycles. The van der Waals surface area contributed by atoms with Crippen molar-refractivity contribution in [3.05, 3.63) is 0 Å². The molecule has 1 N–H and O–H groups in total. The van der Waals surface area contributed by atoms with Crippen molar-refractivity contribution in [3.8, 4) is 0 Å². The minimum Gasteiger partial charge on any atom is -0.340 e. The van der Waals surface area contributed by atoms with Gasteiger partial charge in [0.05, 0.1) is 0 Å². The summed E-state index contributed by atoms with van der Waals surface area (Å²) >= 11 is 0. The van der Waals surface area contributed by atoms with E-state index in [9.17, 15) is 0 Å². The second-order valence-corrected chi connectivity index (χ2v) is 8.00. The molecule has 0 atom stereocenters. The van der Waals surface area contributed by atoms with Gasteiger partial charge in [0.25, 0.3) is 0 Å². The van der Waals surface area contributed by atoms with Crippen molar-refractivity contribution in [1.82, 2.24) is 9.80 Å². The first-order valence-corrected chi connectivity index (χ1v) is 10.9. The molecule has 0 aromatic carbocycles. The fourth-order valence-electron chi connectivity index (χ4n) is 4.53. The van der Waals surface area contributed by atoms with Crippen LogP contribution in [0.3, 0.4) is 0 Å². The van der Waals surface area contributed by atoms with Crippen molar-refractivity contribution in [3.63, 3.8) is 0 Å². The van der Waals surface area contributed by atoms with Gasteiger partial charge >= 0.3 is 0 Å². The summed E-state index contributed by atoms with van der Waals surface area (Å²) in [6, 6.07) is 1.26. The lowest BCUT2D eigenvalue weighted by Crippen LogP contribution is -2.53. The van der Waals surface area contributed by atoms with E-state index in [0.29, 0.717) is 12.1 Å². The fourth-order valence-corrected chi connectivity index (χ4v) is 4.53. The second kappa shape index (κ2) is 11.0. The number of nitrogens with zero attached hydrogens (tertiary/aromatic N) is 2. The van der Waals surface area contributed by atoms with E-state index in [-0.39, 0.29) is 0 Å². The van der Waals surface area contributed by atoms with Crippen molar-refractivity contribution < 1.29 is 0 Å². The van der Waals surface area contributed by atoms with E-state index in [1.807, 2.05) is 0 Å². The van der Waals surface area contributed by atoms with Gasteiger partial charge in [-0.3, -0.25) is 5.41 Å². The smallest absolute Gasteiger partial charge is 0.194 e. The van der Waals surface area contributed by atoms with Crippen LogP contribution in [0, 0.1) is 5.41 Å². The van der Waals surface area contributed by atoms with Crippen molar-refractivity contribution in [2.45, 2.75) is 116 Å². The summed E-state index contributed by atoms with van der Waals surface area (Å²) in [6.45, 7) is 6.74. The molecule has 0 aliphatic heterocycles. The zero-order chi connectivity index (χ0) is 17.2. The van der Waals surface area contributed by atoms with Gasteiger partial charge in [-0.1, -0.05) is 65.2 Å². The maximum atomic E-state index is 9.08. The van der Waals surface area contributed by atoms with Crippen LogP contribution in [-0.2, 0) is 0 Å². The highest BCUT2D eigenvalue weighted by molar-refractivity contribution is 5.77. The Morgan fingerprint density at radius 2 is 1.08 bits per heavy atom. The number of rotatable bonds is 8. The minimum absolute atomic E-state index is 0.630. The highest BCUT2D eigenvalue weighted by atomic mass is 15.4. The molecule has 3 heteroatoms. The Balaban J connectivity index is 2.07. The Bertz CT molecular complexity index is 311. The Morgan fingerprint density at radius 3 is 1.42 bits per heavy atom. The van der Waals surface area contributed by atoms with Crippen molar-refractivity contribution in [2.75, 3.05) is 13.1 Å². The molecule has 2 fully saturated rings. The summed E-state index contributed by atoms with van der Waals surface area (Å²) in [5.41, 5.74) is 0. The lowest BCUT2D eigenvalue weighted by molar-refractivity contribution is 0.169. The third-order valence-corrected chi connectivity index (χ3v) is 6.08. The van der Waals surface area contributed by atoms with Gasteiger partial charge in [0.2, 0.25) is 0 Å². The summed E-state index contributed by atoms with van der Waals surface area (Å²) < 4.78 is 0. The molecule has 0 saturated heterocycles. The molecule has 2 aliphatic carbocycles. The van der Waals surface area contributed by atoms with Crippen LogP contribution in [0.5, 0.6) is 0 Å². The summed E-state index contributed by atoms with van der Waals surface area (Å²) in [5.74, 6) is 0.871. The third kappa shape index (κ3) is 5.67. The maximum absolute atomic E-state index is 9.08. The molecule has 24 heavy (non-hydrogen) atoms. The monoisotopic (exact) mass is 335 g/mol. The van der Waals surface area contributed by atoms with Gasteiger partial charge in [-0.2, -0.15) is 0 Å². The average molecular weight is 336 g/mol. The zero-order valence-corrected chi connectivity index (χ0v) is 16.4. The number of hydrogen-bond acceptors (Lipinski definition) is 1. The lowest BCUT2D eigenvalue weighted by Gasteiger charge is -2.44. The van der Waals surface area contributed by atoms with Crippen LogP contribution in [0.1, 0.15) is 104 Å². The van der Waals surface area contributed by atoms with Crippen LogP contribution in [0.4, 0.5) is 0 Å². The summed E-state index contributed by atoms with van der Waals surface area (Å²) in [6.07, 6.45) is 18.4. The highest BCUT2D eigenvalue weighted by Gasteiger charge is 2.30. The van der Waals surface area contributed by atoms with E-state index < -0.39 is 0 Å². The zero-order valence-electron chi connectivity index (χ0n) is 16.4. The molecule has 3 nitrogen and oxygen atoms in total. The summed E-state index contributed by atoms with van der Waals surface area (Å²) in [7, 11) is 0. The van der Waals surface area contributed by atoms with Crippen LogP contribution >= 0.6 is 0 Å². The molecular weight excluding hydrogens is 294 g/mol. The standard InChI is InChI=1S/C21H41N3/c1-3-5-17-23(19-13-9-7-10-14-19)21(22)24(18-6-4-2)20-15-11-8-12-16-20/h19-20,22H,3-18H2,1-2H3. The first-order valence-electron chi connectivity index (χ1n) is 10.9. The molecule has 0 aromatic heterocycles. The predicted octanol–water partition coefficient (Wildman–Crippen LogP) is 5.79. The van der Waals surface area contributed by atoms with Gasteiger partial charge in [0, 0.05) is 25.2 Å². The molecular formula is C21H41N3.